The quantitative estimate of drug-likeness (QED) is 0.649. The Morgan fingerprint density at radius 3 is 2.58 bits per heavy atom. The van der Waals surface area contributed by atoms with Crippen molar-refractivity contribution < 1.29 is 13.6 Å². The summed E-state index contributed by atoms with van der Waals surface area (Å²) >= 11 is 1.06. The summed E-state index contributed by atoms with van der Waals surface area (Å²) in [5, 5.41) is 0. The number of hydrogen-bond donors (Lipinski definition) is 0. The molecule has 0 bridgehead atoms. The van der Waals surface area contributed by atoms with Crippen molar-refractivity contribution in [3.8, 4) is 0 Å². The Morgan fingerprint density at radius 2 is 1.96 bits per heavy atom. The van der Waals surface area contributed by atoms with Gasteiger partial charge in [-0.1, -0.05) is 17.4 Å². The van der Waals surface area contributed by atoms with Crippen LogP contribution in [-0.2, 0) is 6.54 Å². The zero-order chi connectivity index (χ0) is 18.8. The van der Waals surface area contributed by atoms with Crippen LogP contribution in [0.25, 0.3) is 10.2 Å². The lowest BCUT2D eigenvalue weighted by atomic mass is 10.2. The predicted octanol–water partition coefficient (Wildman–Crippen LogP) is 3.97. The highest BCUT2D eigenvalue weighted by Gasteiger charge is 2.13. The van der Waals surface area contributed by atoms with E-state index in [2.05, 4.69) is 11.6 Å². The van der Waals surface area contributed by atoms with Crippen LogP contribution >= 0.6 is 11.3 Å². The summed E-state index contributed by atoms with van der Waals surface area (Å²) in [7, 11) is 3.81. The second-order valence-corrected chi connectivity index (χ2v) is 6.89. The van der Waals surface area contributed by atoms with Crippen molar-refractivity contribution in [1.82, 2.24) is 4.57 Å². The van der Waals surface area contributed by atoms with Crippen LogP contribution in [0.2, 0.25) is 0 Å². The number of carbonyl (C=O) groups excluding carboxylic acids is 1. The van der Waals surface area contributed by atoms with E-state index >= 15 is 0 Å². The van der Waals surface area contributed by atoms with Crippen molar-refractivity contribution in [2.45, 2.75) is 6.54 Å². The highest BCUT2D eigenvalue weighted by atomic mass is 32.1. The minimum atomic E-state index is -0.692. The van der Waals surface area contributed by atoms with Crippen LogP contribution in [0, 0.1) is 11.6 Å². The molecular weight excluding hydrogens is 356 g/mol. The van der Waals surface area contributed by atoms with Gasteiger partial charge in [-0.3, -0.25) is 4.79 Å². The predicted molar refractivity (Wildman–Crippen MR) is 101 cm³/mol. The van der Waals surface area contributed by atoms with E-state index in [0.717, 1.165) is 23.1 Å². The Kier molecular flexibility index (Phi) is 4.99. The summed E-state index contributed by atoms with van der Waals surface area (Å²) in [6.07, 6.45) is 1.57. The number of carbonyl (C=O) groups is 1. The Labute approximate surface area is 153 Å². The van der Waals surface area contributed by atoms with Gasteiger partial charge in [0.1, 0.15) is 5.82 Å². The fourth-order valence-electron chi connectivity index (χ4n) is 2.57. The number of nitrogens with zero attached hydrogens (tertiary/aromatic N) is 3. The molecule has 3 rings (SSSR count). The van der Waals surface area contributed by atoms with E-state index in [4.69, 9.17) is 0 Å². The topological polar surface area (TPSA) is 37.6 Å². The van der Waals surface area contributed by atoms with Crippen molar-refractivity contribution >= 4 is 33.1 Å². The van der Waals surface area contributed by atoms with E-state index in [0.29, 0.717) is 15.1 Å². The van der Waals surface area contributed by atoms with Gasteiger partial charge in [0.2, 0.25) is 0 Å². The molecule has 0 aliphatic rings. The molecule has 1 aromatic heterocycles. The lowest BCUT2D eigenvalue weighted by molar-refractivity contribution is 0.0998. The molecule has 0 saturated carbocycles. The average Bonchev–Trinajstić information content (AvgIpc) is 2.92. The van der Waals surface area contributed by atoms with Crippen molar-refractivity contribution in [1.29, 1.82) is 0 Å². The molecule has 0 radical (unpaired) electrons. The number of allylic oxidation sites excluding steroid dienone is 1. The number of rotatable bonds is 4. The summed E-state index contributed by atoms with van der Waals surface area (Å²) < 4.78 is 29.6. The molecule has 26 heavy (non-hydrogen) atoms. The third kappa shape index (κ3) is 3.43. The van der Waals surface area contributed by atoms with Crippen LogP contribution in [0.4, 0.5) is 14.5 Å². The summed E-state index contributed by atoms with van der Waals surface area (Å²) in [6, 6.07) is 9.07. The van der Waals surface area contributed by atoms with Crippen molar-refractivity contribution in [2.75, 3.05) is 19.0 Å². The van der Waals surface area contributed by atoms with Gasteiger partial charge in [0.05, 0.1) is 10.2 Å². The van der Waals surface area contributed by atoms with Crippen LogP contribution in [0.3, 0.4) is 0 Å². The molecule has 134 valence electrons. The zero-order valence-corrected chi connectivity index (χ0v) is 15.2. The molecule has 0 N–H and O–H groups in total. The van der Waals surface area contributed by atoms with E-state index in [9.17, 15) is 13.6 Å². The van der Waals surface area contributed by atoms with Gasteiger partial charge in [0.25, 0.3) is 5.91 Å². The van der Waals surface area contributed by atoms with Gasteiger partial charge in [-0.25, -0.2) is 8.78 Å². The van der Waals surface area contributed by atoms with Gasteiger partial charge >= 0.3 is 0 Å². The molecule has 7 heteroatoms. The lowest BCUT2D eigenvalue weighted by Crippen LogP contribution is -2.17. The second kappa shape index (κ2) is 7.21. The molecule has 0 saturated heterocycles. The molecule has 1 amide bonds. The van der Waals surface area contributed by atoms with Gasteiger partial charge in [-0.15, -0.1) is 6.58 Å². The number of benzene rings is 2. The van der Waals surface area contributed by atoms with Crippen molar-refractivity contribution in [3.63, 3.8) is 0 Å². The second-order valence-electron chi connectivity index (χ2n) is 5.88. The van der Waals surface area contributed by atoms with Crippen molar-refractivity contribution in [3.05, 3.63) is 71.1 Å². The molecule has 0 unspecified atom stereocenters. The van der Waals surface area contributed by atoms with Crippen molar-refractivity contribution in [2.24, 2.45) is 4.99 Å². The number of hydrogen-bond acceptors (Lipinski definition) is 3. The third-order valence-corrected chi connectivity index (χ3v) is 4.86. The maximum absolute atomic E-state index is 14.2. The van der Waals surface area contributed by atoms with Crippen LogP contribution in [0.15, 0.2) is 54.0 Å². The van der Waals surface area contributed by atoms with Gasteiger partial charge in [-0.2, -0.15) is 4.99 Å². The average molecular weight is 373 g/mol. The molecule has 2 aromatic carbocycles. The van der Waals surface area contributed by atoms with Gasteiger partial charge in [-0.05, 0) is 30.3 Å². The molecule has 0 atom stereocenters. The molecular formula is C19H17F2N3OS. The molecule has 0 aliphatic heterocycles. The molecule has 1 heterocycles. The Hall–Kier alpha value is -2.80. The lowest BCUT2D eigenvalue weighted by Gasteiger charge is -2.11. The van der Waals surface area contributed by atoms with Crippen LogP contribution in [0.1, 0.15) is 10.4 Å². The Bertz CT molecular complexity index is 1050. The molecule has 0 spiro atoms. The molecule has 0 fully saturated rings. The van der Waals surface area contributed by atoms with Gasteiger partial charge in [0.15, 0.2) is 10.6 Å². The largest absolute Gasteiger partial charge is 0.378 e. The molecule has 3 aromatic rings. The molecule has 0 aliphatic carbocycles. The monoisotopic (exact) mass is 373 g/mol. The maximum atomic E-state index is 14.2. The fraction of sp³-hybridized carbons (Fsp3) is 0.158. The Morgan fingerprint density at radius 1 is 1.27 bits per heavy atom. The number of anilines is 1. The van der Waals surface area contributed by atoms with E-state index in [1.165, 1.54) is 10.6 Å². The highest BCUT2D eigenvalue weighted by Crippen LogP contribution is 2.22. The fourth-order valence-corrected chi connectivity index (χ4v) is 3.64. The van der Waals surface area contributed by atoms with Crippen LogP contribution in [-0.4, -0.2) is 24.6 Å². The number of halogens is 2. The summed E-state index contributed by atoms with van der Waals surface area (Å²) in [6.45, 7) is 3.91. The summed E-state index contributed by atoms with van der Waals surface area (Å²) in [5.74, 6) is -1.80. The van der Waals surface area contributed by atoms with E-state index in [1.807, 2.05) is 31.1 Å². The standard InChI is InChI=1S/C19H17F2N3OS/c1-4-9-24-17-15(21)10-13(20)11-16(17)26-19(24)22-18(25)12-5-7-14(8-6-12)23(2)3/h4-8,10-11H,1,9H2,2-3H3. The minimum absolute atomic E-state index is 0.214. The first-order valence-electron chi connectivity index (χ1n) is 7.86. The van der Waals surface area contributed by atoms with E-state index in [-0.39, 0.29) is 12.1 Å². The normalized spacial score (nSPS) is 11.8. The zero-order valence-electron chi connectivity index (χ0n) is 14.4. The van der Waals surface area contributed by atoms with Crippen LogP contribution in [0.5, 0.6) is 0 Å². The third-order valence-electron chi connectivity index (χ3n) is 3.83. The minimum Gasteiger partial charge on any atom is -0.378 e. The van der Waals surface area contributed by atoms with E-state index in [1.54, 1.807) is 18.2 Å². The molecule has 4 nitrogen and oxygen atoms in total. The first kappa shape index (κ1) is 18.0. The first-order chi connectivity index (χ1) is 12.4. The maximum Gasteiger partial charge on any atom is 0.279 e. The SMILES string of the molecule is C=CCn1c(=NC(=O)c2ccc(N(C)C)cc2)sc2cc(F)cc(F)c21. The van der Waals surface area contributed by atoms with Gasteiger partial charge in [0, 0.05) is 38.0 Å². The summed E-state index contributed by atoms with van der Waals surface area (Å²) in [5.41, 5.74) is 1.60. The van der Waals surface area contributed by atoms with E-state index < -0.39 is 17.5 Å². The number of amides is 1. The Balaban J connectivity index is 2.11. The first-order valence-corrected chi connectivity index (χ1v) is 8.68. The van der Waals surface area contributed by atoms with Crippen LogP contribution < -0.4 is 9.70 Å². The number of fused-ring (bicyclic) bond motifs is 1. The summed E-state index contributed by atoms with van der Waals surface area (Å²) in [4.78, 5) is 18.8. The number of aromatic nitrogens is 1. The highest BCUT2D eigenvalue weighted by molar-refractivity contribution is 7.16. The van der Waals surface area contributed by atoms with Gasteiger partial charge < -0.3 is 9.47 Å². The number of thiazole rings is 1. The smallest absolute Gasteiger partial charge is 0.279 e.